The van der Waals surface area contributed by atoms with E-state index < -0.39 is 17.6 Å². The Morgan fingerprint density at radius 1 is 1.00 bits per heavy atom. The summed E-state index contributed by atoms with van der Waals surface area (Å²) >= 11 is 0. The van der Waals surface area contributed by atoms with Crippen LogP contribution >= 0.6 is 0 Å². The van der Waals surface area contributed by atoms with Crippen molar-refractivity contribution < 1.29 is 28.8 Å². The van der Waals surface area contributed by atoms with Crippen molar-refractivity contribution in [3.63, 3.8) is 0 Å². The zero-order valence-corrected chi connectivity index (χ0v) is 21.3. The molecule has 37 heavy (non-hydrogen) atoms. The molecule has 0 bridgehead atoms. The van der Waals surface area contributed by atoms with Gasteiger partial charge in [-0.3, -0.25) is 4.79 Å². The molecule has 0 heterocycles. The zero-order chi connectivity index (χ0) is 26.6. The van der Waals surface area contributed by atoms with Crippen LogP contribution in [0.1, 0.15) is 40.6 Å². The summed E-state index contributed by atoms with van der Waals surface area (Å²) in [6.45, 7) is 2.00. The Morgan fingerprint density at radius 3 is 2.30 bits per heavy atom. The predicted molar refractivity (Wildman–Crippen MR) is 138 cm³/mol. The summed E-state index contributed by atoms with van der Waals surface area (Å²) in [5.41, 5.74) is 1.11. The van der Waals surface area contributed by atoms with Gasteiger partial charge in [0.15, 0.2) is 11.5 Å². The minimum absolute atomic E-state index is 0.134. The van der Waals surface area contributed by atoms with Gasteiger partial charge in [0.1, 0.15) is 11.5 Å². The van der Waals surface area contributed by atoms with Gasteiger partial charge in [-0.2, -0.15) is 5.26 Å². The van der Waals surface area contributed by atoms with E-state index in [-0.39, 0.29) is 12.5 Å². The highest BCUT2D eigenvalue weighted by Crippen LogP contribution is 2.57. The molecule has 0 spiro atoms. The van der Waals surface area contributed by atoms with Crippen molar-refractivity contribution in [2.75, 3.05) is 34.5 Å². The van der Waals surface area contributed by atoms with Crippen molar-refractivity contribution in [1.29, 1.82) is 5.26 Å². The van der Waals surface area contributed by atoms with Crippen molar-refractivity contribution in [2.24, 2.45) is 5.41 Å². The van der Waals surface area contributed by atoms with Gasteiger partial charge in [0.05, 0.1) is 40.0 Å². The summed E-state index contributed by atoms with van der Waals surface area (Å²) in [7, 11) is 4.49. The molecule has 0 saturated carbocycles. The van der Waals surface area contributed by atoms with Crippen LogP contribution in [0.25, 0.3) is 11.1 Å². The molecule has 0 radical (unpaired) electrons. The van der Waals surface area contributed by atoms with Gasteiger partial charge in [-0.15, -0.1) is 0 Å². The number of hydrogen-bond acceptors (Lipinski definition) is 7. The third-order valence-corrected chi connectivity index (χ3v) is 6.76. The molecule has 0 saturated heterocycles. The van der Waals surface area contributed by atoms with Gasteiger partial charge in [-0.1, -0.05) is 42.5 Å². The molecule has 192 valence electrons. The normalized spacial score (nSPS) is 20.0. The van der Waals surface area contributed by atoms with Crippen LogP contribution < -0.4 is 19.5 Å². The van der Waals surface area contributed by atoms with Crippen molar-refractivity contribution in [3.05, 3.63) is 77.4 Å². The lowest BCUT2D eigenvalue weighted by atomic mass is 9.73. The van der Waals surface area contributed by atoms with Crippen molar-refractivity contribution >= 4 is 5.91 Å². The van der Waals surface area contributed by atoms with Crippen LogP contribution in [0, 0.1) is 16.7 Å². The maximum absolute atomic E-state index is 13.4. The van der Waals surface area contributed by atoms with Gasteiger partial charge in [-0.05, 0) is 41.8 Å². The van der Waals surface area contributed by atoms with Crippen molar-refractivity contribution in [1.82, 2.24) is 5.32 Å². The highest BCUT2D eigenvalue weighted by Gasteiger charge is 2.52. The van der Waals surface area contributed by atoms with Gasteiger partial charge in [0.25, 0.3) is 5.91 Å². The topological polar surface area (TPSA) is 110 Å². The maximum Gasteiger partial charge on any atom is 0.251 e. The van der Waals surface area contributed by atoms with E-state index in [0.29, 0.717) is 51.7 Å². The number of hydrogen-bond donors (Lipinski definition) is 2. The maximum atomic E-state index is 13.4. The second kappa shape index (κ2) is 10.9. The first-order chi connectivity index (χ1) is 18.0. The van der Waals surface area contributed by atoms with E-state index in [1.165, 1.54) is 21.3 Å². The summed E-state index contributed by atoms with van der Waals surface area (Å²) in [5.74, 6) is 0.660. The van der Waals surface area contributed by atoms with Crippen LogP contribution in [-0.2, 0) is 4.74 Å². The zero-order valence-electron chi connectivity index (χ0n) is 21.3. The minimum atomic E-state index is -1.59. The van der Waals surface area contributed by atoms with Crippen LogP contribution in [0.2, 0.25) is 0 Å². The fraction of sp³-hybridized carbons (Fsp3) is 0.310. The average Bonchev–Trinajstić information content (AvgIpc) is 3.03. The SMILES string of the molecule is CCOC[C@]1(C#N)[C@H](O)c2cc(OC)c(OC)c(OC)c2-c2ccccc2[C@H]1NC(=O)c1ccccc1. The van der Waals surface area contributed by atoms with E-state index in [9.17, 15) is 15.2 Å². The molecule has 0 aromatic heterocycles. The standard InChI is InChI=1S/C29H30N2O6/c1-5-37-17-29(16-30)26(31-28(33)18-11-7-6-8-12-18)20-14-10-9-13-19(20)23-21(27(29)32)15-22(34-2)24(35-3)25(23)36-4/h6-15,26-27,32H,5,17H2,1-4H3,(H,31,33)/t26-,27-,29+/m1/s1. The van der Waals surface area contributed by atoms with Crippen LogP contribution in [-0.4, -0.2) is 45.6 Å². The fourth-order valence-corrected chi connectivity index (χ4v) is 4.96. The first-order valence-electron chi connectivity index (χ1n) is 11.9. The van der Waals surface area contributed by atoms with E-state index in [1.807, 2.05) is 37.3 Å². The molecule has 8 nitrogen and oxygen atoms in total. The molecule has 1 aliphatic rings. The Balaban J connectivity index is 2.05. The molecule has 3 aromatic carbocycles. The molecule has 2 N–H and O–H groups in total. The molecule has 0 fully saturated rings. The number of carbonyl (C=O) groups excluding carboxylic acids is 1. The number of fused-ring (bicyclic) bond motifs is 3. The first-order valence-corrected chi connectivity index (χ1v) is 11.9. The molecule has 3 atom stereocenters. The van der Waals surface area contributed by atoms with E-state index in [0.717, 1.165) is 0 Å². The van der Waals surface area contributed by atoms with Gasteiger partial charge in [0, 0.05) is 17.7 Å². The van der Waals surface area contributed by atoms with E-state index in [1.54, 1.807) is 30.3 Å². The predicted octanol–water partition coefficient (Wildman–Crippen LogP) is 4.44. The largest absolute Gasteiger partial charge is 0.493 e. The summed E-state index contributed by atoms with van der Waals surface area (Å²) in [6.07, 6.45) is -1.39. The van der Waals surface area contributed by atoms with Crippen LogP contribution in [0.3, 0.4) is 0 Å². The average molecular weight is 503 g/mol. The summed E-state index contributed by atoms with van der Waals surface area (Å²) < 4.78 is 22.7. The summed E-state index contributed by atoms with van der Waals surface area (Å²) in [5, 5.41) is 25.7. The number of rotatable bonds is 8. The third kappa shape index (κ3) is 4.37. The summed E-state index contributed by atoms with van der Waals surface area (Å²) in [4.78, 5) is 13.4. The highest BCUT2D eigenvalue weighted by molar-refractivity contribution is 5.95. The van der Waals surface area contributed by atoms with E-state index >= 15 is 0 Å². The number of ether oxygens (including phenoxy) is 4. The highest BCUT2D eigenvalue weighted by atomic mass is 16.5. The first kappa shape index (κ1) is 26.0. The molecule has 1 amide bonds. The van der Waals surface area contributed by atoms with Crippen molar-refractivity contribution in [3.8, 4) is 34.4 Å². The molecule has 3 aromatic rings. The number of amides is 1. The Labute approximate surface area is 216 Å². The Kier molecular flexibility index (Phi) is 7.67. The van der Waals surface area contributed by atoms with Gasteiger partial charge >= 0.3 is 0 Å². The molecule has 0 unspecified atom stereocenters. The number of nitrogens with one attached hydrogen (secondary N) is 1. The monoisotopic (exact) mass is 502 g/mol. The van der Waals surface area contributed by atoms with Gasteiger partial charge in [-0.25, -0.2) is 0 Å². The summed E-state index contributed by atoms with van der Waals surface area (Å²) in [6, 6.07) is 19.2. The molecule has 8 heteroatoms. The van der Waals surface area contributed by atoms with Crippen LogP contribution in [0.4, 0.5) is 0 Å². The second-order valence-electron chi connectivity index (χ2n) is 8.66. The smallest absolute Gasteiger partial charge is 0.251 e. The molecule has 0 aliphatic heterocycles. The lowest BCUT2D eigenvalue weighted by molar-refractivity contribution is -0.0299. The van der Waals surface area contributed by atoms with E-state index in [2.05, 4.69) is 11.4 Å². The van der Waals surface area contributed by atoms with Gasteiger partial charge in [0.2, 0.25) is 5.75 Å². The molecule has 4 rings (SSSR count). The number of aliphatic hydroxyl groups excluding tert-OH is 1. The number of nitriles is 1. The lowest BCUT2D eigenvalue weighted by Crippen LogP contribution is -2.46. The second-order valence-corrected chi connectivity index (χ2v) is 8.66. The number of benzene rings is 3. The van der Waals surface area contributed by atoms with E-state index in [4.69, 9.17) is 18.9 Å². The lowest BCUT2D eigenvalue weighted by Gasteiger charge is -2.38. The minimum Gasteiger partial charge on any atom is -0.493 e. The Morgan fingerprint density at radius 2 is 1.68 bits per heavy atom. The number of carbonyl (C=O) groups is 1. The Hall–Kier alpha value is -4.06. The number of nitrogens with zero attached hydrogens (tertiary/aromatic N) is 1. The molecule has 1 aliphatic carbocycles. The number of methoxy groups -OCH3 is 3. The molecular formula is C29H30N2O6. The number of aliphatic hydroxyl groups is 1. The molecular weight excluding hydrogens is 472 g/mol. The quantitative estimate of drug-likeness (QED) is 0.468. The van der Waals surface area contributed by atoms with Crippen molar-refractivity contribution in [2.45, 2.75) is 19.1 Å². The van der Waals surface area contributed by atoms with Gasteiger partial charge < -0.3 is 29.4 Å². The van der Waals surface area contributed by atoms with Crippen LogP contribution in [0.5, 0.6) is 17.2 Å². The third-order valence-electron chi connectivity index (χ3n) is 6.76. The van der Waals surface area contributed by atoms with Crippen LogP contribution in [0.15, 0.2) is 60.7 Å². The Bertz CT molecular complexity index is 1320. The fourth-order valence-electron chi connectivity index (χ4n) is 4.96.